The van der Waals surface area contributed by atoms with Gasteiger partial charge in [-0.25, -0.2) is 9.13 Å². The topological polar surface area (TPSA) is 237 Å². The maximum absolute atomic E-state index is 13.1. The van der Waals surface area contributed by atoms with Crippen LogP contribution in [-0.2, 0) is 65.4 Å². The fraction of sp³-hybridized carbons (Fsp3) is 0.948. The van der Waals surface area contributed by atoms with Crippen LogP contribution < -0.4 is 0 Å². The third-order valence-corrected chi connectivity index (χ3v) is 19.9. The number of hydrogen-bond donors (Lipinski definition) is 3. The molecule has 96 heavy (non-hydrogen) atoms. The molecule has 5 atom stereocenters. The van der Waals surface area contributed by atoms with Crippen molar-refractivity contribution in [3.05, 3.63) is 0 Å². The van der Waals surface area contributed by atoms with Crippen molar-refractivity contribution >= 4 is 39.5 Å². The molecule has 0 aromatic heterocycles. The smallest absolute Gasteiger partial charge is 0.462 e. The van der Waals surface area contributed by atoms with Gasteiger partial charge in [-0.15, -0.1) is 0 Å². The zero-order valence-corrected chi connectivity index (χ0v) is 64.3. The number of rotatable bonds is 77. The molecule has 0 aromatic rings. The van der Waals surface area contributed by atoms with Crippen LogP contribution in [0.15, 0.2) is 0 Å². The first kappa shape index (κ1) is 94.1. The Balaban J connectivity index is 5.18. The summed E-state index contributed by atoms with van der Waals surface area (Å²) in [5.41, 5.74) is 0. The summed E-state index contributed by atoms with van der Waals surface area (Å²) in [6, 6.07) is 0. The first-order valence-electron chi connectivity index (χ1n) is 40.1. The molecule has 2 unspecified atom stereocenters. The van der Waals surface area contributed by atoms with Crippen molar-refractivity contribution in [1.82, 2.24) is 0 Å². The van der Waals surface area contributed by atoms with Crippen LogP contribution in [0.3, 0.4) is 0 Å². The lowest BCUT2D eigenvalue weighted by atomic mass is 10.0. The molecular weight excluding hydrogens is 1260 g/mol. The summed E-state index contributed by atoms with van der Waals surface area (Å²) in [6.07, 6.45) is 59.8. The molecule has 570 valence electrons. The summed E-state index contributed by atoms with van der Waals surface area (Å²) in [4.78, 5) is 72.7. The molecule has 0 aliphatic carbocycles. The average molecular weight is 1410 g/mol. The Kier molecular flexibility index (Phi) is 68.7. The standard InChI is InChI=1S/C77H150O17P2/c1-6-9-12-15-18-20-22-24-25-26-27-28-31-35-39-43-48-53-58-63-77(82)94-73(67-88-75(80)61-56-51-46-41-38-34-32-29-30-33-36-40-45-49-54-59-70(4)5)69-92-96(85,86)90-65-71(78)64-89-95(83,84)91-68-72(66-87-74(79)60-55-50-44-17-14-11-8-3)93-76(81)62-57-52-47-42-37-23-21-19-16-13-10-7-2/h70-73,78H,6-69H2,1-5H3,(H,83,84)(H,85,86)/t71-,72+,73+/m0/s1. The van der Waals surface area contributed by atoms with Crippen LogP contribution in [0.4, 0.5) is 0 Å². The maximum atomic E-state index is 13.1. The van der Waals surface area contributed by atoms with E-state index in [1.165, 1.54) is 218 Å². The number of aliphatic hydroxyl groups excluding tert-OH is 1. The second-order valence-electron chi connectivity index (χ2n) is 28.2. The van der Waals surface area contributed by atoms with E-state index in [0.717, 1.165) is 109 Å². The first-order chi connectivity index (χ1) is 46.5. The van der Waals surface area contributed by atoms with E-state index in [0.29, 0.717) is 25.7 Å². The molecule has 0 aliphatic rings. The SMILES string of the molecule is CCCCCCCCCCCCCCCCCCCCCC(=O)O[C@H](COC(=O)CCCCCCCCCCCCCCCCCC(C)C)COP(=O)(O)OC[C@@H](O)COP(=O)(O)OC[C@@H](COC(=O)CCCCCCCCC)OC(=O)CCCCCCCCCCCCCC. The van der Waals surface area contributed by atoms with Crippen molar-refractivity contribution in [1.29, 1.82) is 0 Å². The zero-order valence-electron chi connectivity index (χ0n) is 62.5. The Morgan fingerprint density at radius 1 is 0.281 bits per heavy atom. The molecule has 0 fully saturated rings. The summed E-state index contributed by atoms with van der Waals surface area (Å²) < 4.78 is 68.4. The van der Waals surface area contributed by atoms with E-state index >= 15 is 0 Å². The highest BCUT2D eigenvalue weighted by molar-refractivity contribution is 7.47. The molecule has 0 amide bonds. The van der Waals surface area contributed by atoms with Crippen LogP contribution >= 0.6 is 15.6 Å². The Morgan fingerprint density at radius 2 is 0.479 bits per heavy atom. The van der Waals surface area contributed by atoms with Gasteiger partial charge in [0.15, 0.2) is 12.2 Å². The van der Waals surface area contributed by atoms with E-state index in [1.807, 2.05) is 0 Å². The minimum atomic E-state index is -4.96. The molecule has 19 heteroatoms. The van der Waals surface area contributed by atoms with Crippen LogP contribution in [0.25, 0.3) is 0 Å². The quantitative estimate of drug-likeness (QED) is 0.0222. The summed E-state index contributed by atoms with van der Waals surface area (Å²) in [5.74, 6) is -1.31. The van der Waals surface area contributed by atoms with E-state index in [-0.39, 0.29) is 25.7 Å². The molecule has 0 aliphatic heterocycles. The lowest BCUT2D eigenvalue weighted by molar-refractivity contribution is -0.161. The van der Waals surface area contributed by atoms with Crippen LogP contribution in [0.2, 0.25) is 0 Å². The highest BCUT2D eigenvalue weighted by atomic mass is 31.2. The number of carbonyl (C=O) groups is 4. The molecular formula is C77H150O17P2. The van der Waals surface area contributed by atoms with Crippen LogP contribution in [-0.4, -0.2) is 96.7 Å². The van der Waals surface area contributed by atoms with E-state index < -0.39 is 97.5 Å². The minimum Gasteiger partial charge on any atom is -0.462 e. The number of phosphoric acid groups is 2. The predicted octanol–water partition coefficient (Wildman–Crippen LogP) is 22.9. The van der Waals surface area contributed by atoms with Crippen molar-refractivity contribution < 1.29 is 80.2 Å². The molecule has 0 spiro atoms. The van der Waals surface area contributed by atoms with E-state index in [9.17, 15) is 43.2 Å². The van der Waals surface area contributed by atoms with Gasteiger partial charge in [0.1, 0.15) is 19.3 Å². The molecule has 0 radical (unpaired) electrons. The number of esters is 4. The largest absolute Gasteiger partial charge is 0.472 e. The molecule has 17 nitrogen and oxygen atoms in total. The van der Waals surface area contributed by atoms with Crippen molar-refractivity contribution in [2.45, 2.75) is 425 Å². The highest BCUT2D eigenvalue weighted by Gasteiger charge is 2.30. The summed E-state index contributed by atoms with van der Waals surface area (Å²) in [5, 5.41) is 10.6. The summed E-state index contributed by atoms with van der Waals surface area (Å²) >= 11 is 0. The van der Waals surface area contributed by atoms with Crippen LogP contribution in [0, 0.1) is 5.92 Å². The van der Waals surface area contributed by atoms with Crippen molar-refractivity contribution in [2.24, 2.45) is 5.92 Å². The second kappa shape index (κ2) is 70.1. The molecule has 0 rings (SSSR count). The van der Waals surface area contributed by atoms with Crippen LogP contribution in [0.5, 0.6) is 0 Å². The number of unbranched alkanes of at least 4 members (excludes halogenated alkanes) is 49. The van der Waals surface area contributed by atoms with E-state index in [1.54, 1.807) is 0 Å². The monoisotopic (exact) mass is 1410 g/mol. The van der Waals surface area contributed by atoms with Gasteiger partial charge in [-0.3, -0.25) is 37.3 Å². The predicted molar refractivity (Wildman–Crippen MR) is 391 cm³/mol. The maximum Gasteiger partial charge on any atom is 0.472 e. The van der Waals surface area contributed by atoms with Crippen molar-refractivity contribution in [3.8, 4) is 0 Å². The highest BCUT2D eigenvalue weighted by Crippen LogP contribution is 2.45. The molecule has 0 bridgehead atoms. The number of phosphoric ester groups is 2. The molecule has 0 heterocycles. The Hall–Kier alpha value is -1.94. The normalized spacial score (nSPS) is 13.9. The fourth-order valence-corrected chi connectivity index (χ4v) is 13.5. The number of hydrogen-bond acceptors (Lipinski definition) is 15. The zero-order chi connectivity index (χ0) is 70.5. The molecule has 0 saturated heterocycles. The number of aliphatic hydroxyl groups is 1. The minimum absolute atomic E-state index is 0.107. The summed E-state index contributed by atoms with van der Waals surface area (Å²) in [6.45, 7) is 7.29. The first-order valence-corrected chi connectivity index (χ1v) is 43.1. The van der Waals surface area contributed by atoms with Gasteiger partial charge in [0.25, 0.3) is 0 Å². The molecule has 0 saturated carbocycles. The van der Waals surface area contributed by atoms with Gasteiger partial charge in [0.05, 0.1) is 26.4 Å². The van der Waals surface area contributed by atoms with Crippen molar-refractivity contribution in [2.75, 3.05) is 39.6 Å². The van der Waals surface area contributed by atoms with Gasteiger partial charge < -0.3 is 33.8 Å². The lowest BCUT2D eigenvalue weighted by Crippen LogP contribution is -2.30. The van der Waals surface area contributed by atoms with Gasteiger partial charge in [-0.2, -0.15) is 0 Å². The Morgan fingerprint density at radius 3 is 0.708 bits per heavy atom. The Labute approximate surface area is 588 Å². The van der Waals surface area contributed by atoms with Crippen molar-refractivity contribution in [3.63, 3.8) is 0 Å². The van der Waals surface area contributed by atoms with E-state index in [2.05, 4.69) is 34.6 Å². The van der Waals surface area contributed by atoms with E-state index in [4.69, 9.17) is 37.0 Å². The number of ether oxygens (including phenoxy) is 4. The lowest BCUT2D eigenvalue weighted by Gasteiger charge is -2.21. The second-order valence-corrected chi connectivity index (χ2v) is 31.1. The van der Waals surface area contributed by atoms with Gasteiger partial charge >= 0.3 is 39.5 Å². The third kappa shape index (κ3) is 70.5. The van der Waals surface area contributed by atoms with Gasteiger partial charge in [0, 0.05) is 25.7 Å². The van der Waals surface area contributed by atoms with Gasteiger partial charge in [-0.1, -0.05) is 356 Å². The third-order valence-electron chi connectivity index (χ3n) is 18.0. The van der Waals surface area contributed by atoms with Gasteiger partial charge in [-0.05, 0) is 31.6 Å². The Bertz CT molecular complexity index is 1840. The average Bonchev–Trinajstić information content (AvgIpc) is 1.21. The number of carbonyl (C=O) groups excluding carboxylic acids is 4. The van der Waals surface area contributed by atoms with Crippen LogP contribution in [0.1, 0.15) is 407 Å². The van der Waals surface area contributed by atoms with Gasteiger partial charge in [0.2, 0.25) is 0 Å². The molecule has 3 N–H and O–H groups in total. The molecule has 0 aromatic carbocycles. The summed E-state index contributed by atoms with van der Waals surface area (Å²) in [7, 11) is -9.90. The fourth-order valence-electron chi connectivity index (χ4n) is 11.9.